The van der Waals surface area contributed by atoms with Crippen LogP contribution in [0, 0.1) is 0 Å². The van der Waals surface area contributed by atoms with Crippen molar-refractivity contribution in [3.05, 3.63) is 36.0 Å². The fourth-order valence-corrected chi connectivity index (χ4v) is 2.91. The molecule has 1 aromatic heterocycles. The molecule has 0 aliphatic carbocycles. The molecule has 170 valence electrons. The molecule has 2 rings (SSSR count). The van der Waals surface area contributed by atoms with Crippen molar-refractivity contribution in [2.75, 3.05) is 30.8 Å². The molecule has 2 N–H and O–H groups in total. The van der Waals surface area contributed by atoms with E-state index in [9.17, 15) is 9.59 Å². The largest absolute Gasteiger partial charge is 0.497 e. The molecule has 3 amide bonds. The number of likely N-dealkylation sites (N-methyl/N-ethyl adjacent to an activating group) is 1. The van der Waals surface area contributed by atoms with E-state index in [4.69, 9.17) is 9.84 Å². The van der Waals surface area contributed by atoms with Gasteiger partial charge in [0, 0.05) is 23.7 Å². The molecule has 0 saturated carbocycles. The molecule has 0 spiro atoms. The standard InChI is InChI=1S/C23H35N5O3/c1-9-27(21(30)24-16-10-12-17(31-8)13-11-16)15-20(29)25-19-14-18(22(2,3)4)26-28(19)23(5,6)7/h10-14H,9,15H2,1-8H3,(H,24,30)(H,25,29). The van der Waals surface area contributed by atoms with Gasteiger partial charge in [0.15, 0.2) is 0 Å². The minimum absolute atomic E-state index is 0.0708. The van der Waals surface area contributed by atoms with E-state index in [1.54, 1.807) is 31.4 Å². The van der Waals surface area contributed by atoms with E-state index in [-0.39, 0.29) is 29.4 Å². The Kier molecular flexibility index (Phi) is 7.36. The number of hydrogen-bond donors (Lipinski definition) is 2. The number of nitrogens with one attached hydrogen (secondary N) is 2. The van der Waals surface area contributed by atoms with Crippen molar-refractivity contribution in [2.45, 2.75) is 59.4 Å². The maximum absolute atomic E-state index is 12.8. The molecular formula is C23H35N5O3. The topological polar surface area (TPSA) is 88.5 Å². The summed E-state index contributed by atoms with van der Waals surface area (Å²) in [6.45, 7) is 14.5. The van der Waals surface area contributed by atoms with E-state index in [1.165, 1.54) is 4.90 Å². The highest BCUT2D eigenvalue weighted by Crippen LogP contribution is 2.28. The van der Waals surface area contributed by atoms with Crippen LogP contribution in [0.4, 0.5) is 16.3 Å². The number of amides is 3. The average molecular weight is 430 g/mol. The van der Waals surface area contributed by atoms with Gasteiger partial charge in [0.05, 0.1) is 18.3 Å². The average Bonchev–Trinajstić information content (AvgIpc) is 3.11. The SMILES string of the molecule is CCN(CC(=O)Nc1cc(C(C)(C)C)nn1C(C)(C)C)C(=O)Nc1ccc(OC)cc1. The summed E-state index contributed by atoms with van der Waals surface area (Å²) in [5.41, 5.74) is 1.07. The van der Waals surface area contributed by atoms with Crippen molar-refractivity contribution in [3.8, 4) is 5.75 Å². The van der Waals surface area contributed by atoms with E-state index in [0.29, 0.717) is 23.8 Å². The van der Waals surface area contributed by atoms with Gasteiger partial charge in [0.2, 0.25) is 5.91 Å². The Hall–Kier alpha value is -3.03. The van der Waals surface area contributed by atoms with Crippen molar-refractivity contribution in [3.63, 3.8) is 0 Å². The zero-order chi connectivity index (χ0) is 23.4. The van der Waals surface area contributed by atoms with Crippen LogP contribution in [0.15, 0.2) is 30.3 Å². The lowest BCUT2D eigenvalue weighted by molar-refractivity contribution is -0.116. The maximum atomic E-state index is 12.8. The second-order valence-electron chi connectivity index (χ2n) is 9.47. The first-order chi connectivity index (χ1) is 14.3. The Bertz CT molecular complexity index is 905. The Morgan fingerprint density at radius 3 is 2.16 bits per heavy atom. The first-order valence-corrected chi connectivity index (χ1v) is 10.5. The zero-order valence-corrected chi connectivity index (χ0v) is 19.9. The summed E-state index contributed by atoms with van der Waals surface area (Å²) in [6.07, 6.45) is 0. The normalized spacial score (nSPS) is 11.7. The number of carbonyl (C=O) groups excluding carboxylic acids is 2. The van der Waals surface area contributed by atoms with Crippen LogP contribution in [0.5, 0.6) is 5.75 Å². The third-order valence-corrected chi connectivity index (χ3v) is 4.73. The number of aromatic nitrogens is 2. The van der Waals surface area contributed by atoms with Gasteiger partial charge in [-0.05, 0) is 52.0 Å². The number of hydrogen-bond acceptors (Lipinski definition) is 4. The molecule has 0 aliphatic rings. The molecule has 0 aliphatic heterocycles. The highest BCUT2D eigenvalue weighted by atomic mass is 16.5. The predicted octanol–water partition coefficient (Wildman–Crippen LogP) is 4.44. The van der Waals surface area contributed by atoms with Crippen LogP contribution in [0.25, 0.3) is 0 Å². The molecule has 0 atom stereocenters. The third-order valence-electron chi connectivity index (χ3n) is 4.73. The minimum Gasteiger partial charge on any atom is -0.497 e. The molecule has 0 radical (unpaired) electrons. The summed E-state index contributed by atoms with van der Waals surface area (Å²) in [7, 11) is 1.58. The first kappa shape index (κ1) is 24.2. The van der Waals surface area contributed by atoms with Gasteiger partial charge in [-0.1, -0.05) is 20.8 Å². The van der Waals surface area contributed by atoms with Gasteiger partial charge in [-0.15, -0.1) is 0 Å². The Labute approximate surface area is 185 Å². The summed E-state index contributed by atoms with van der Waals surface area (Å²) in [6, 6.07) is 8.58. The van der Waals surface area contributed by atoms with Crippen LogP contribution in [0.2, 0.25) is 0 Å². The number of carbonyl (C=O) groups is 2. The van der Waals surface area contributed by atoms with Gasteiger partial charge in [-0.2, -0.15) is 5.10 Å². The summed E-state index contributed by atoms with van der Waals surface area (Å²) >= 11 is 0. The van der Waals surface area contributed by atoms with Crippen LogP contribution in [0.1, 0.15) is 54.2 Å². The van der Waals surface area contributed by atoms with Gasteiger partial charge in [0.1, 0.15) is 18.1 Å². The van der Waals surface area contributed by atoms with Gasteiger partial charge in [0.25, 0.3) is 0 Å². The number of urea groups is 1. The highest BCUT2D eigenvalue weighted by molar-refractivity contribution is 5.96. The quantitative estimate of drug-likeness (QED) is 0.711. The molecular weight excluding hydrogens is 394 g/mol. The second kappa shape index (κ2) is 9.41. The molecule has 1 heterocycles. The molecule has 0 fully saturated rings. The van der Waals surface area contributed by atoms with E-state index in [0.717, 1.165) is 5.69 Å². The second-order valence-corrected chi connectivity index (χ2v) is 9.47. The van der Waals surface area contributed by atoms with Crippen molar-refractivity contribution >= 4 is 23.4 Å². The monoisotopic (exact) mass is 429 g/mol. The number of ether oxygens (including phenoxy) is 1. The molecule has 0 unspecified atom stereocenters. The summed E-state index contributed by atoms with van der Waals surface area (Å²) in [5.74, 6) is 1.04. The lowest BCUT2D eigenvalue weighted by Gasteiger charge is -2.24. The van der Waals surface area contributed by atoms with Crippen LogP contribution in [0.3, 0.4) is 0 Å². The van der Waals surface area contributed by atoms with E-state index in [2.05, 4.69) is 31.4 Å². The Balaban J connectivity index is 2.10. The fraction of sp³-hybridized carbons (Fsp3) is 0.522. The van der Waals surface area contributed by atoms with Gasteiger partial charge in [-0.3, -0.25) is 4.79 Å². The van der Waals surface area contributed by atoms with E-state index < -0.39 is 0 Å². The lowest BCUT2D eigenvalue weighted by Crippen LogP contribution is -2.41. The van der Waals surface area contributed by atoms with Crippen LogP contribution >= 0.6 is 0 Å². The summed E-state index contributed by atoms with van der Waals surface area (Å²) in [4.78, 5) is 26.9. The predicted molar refractivity (Wildman–Crippen MR) is 124 cm³/mol. The van der Waals surface area contributed by atoms with Crippen molar-refractivity contribution < 1.29 is 14.3 Å². The number of rotatable bonds is 6. The molecule has 8 heteroatoms. The van der Waals surface area contributed by atoms with Gasteiger partial charge < -0.3 is 20.3 Å². The van der Waals surface area contributed by atoms with Gasteiger partial charge >= 0.3 is 6.03 Å². The molecule has 2 aromatic rings. The van der Waals surface area contributed by atoms with Crippen LogP contribution in [-0.2, 0) is 15.7 Å². The van der Waals surface area contributed by atoms with Crippen molar-refractivity contribution in [2.24, 2.45) is 0 Å². The number of methoxy groups -OCH3 is 1. The van der Waals surface area contributed by atoms with Crippen LogP contribution < -0.4 is 15.4 Å². The minimum atomic E-state index is -0.345. The molecule has 31 heavy (non-hydrogen) atoms. The van der Waals surface area contributed by atoms with Gasteiger partial charge in [-0.25, -0.2) is 9.48 Å². The maximum Gasteiger partial charge on any atom is 0.322 e. The van der Waals surface area contributed by atoms with E-state index >= 15 is 0 Å². The van der Waals surface area contributed by atoms with E-state index in [1.807, 2.05) is 38.4 Å². The van der Waals surface area contributed by atoms with Crippen LogP contribution in [-0.4, -0.2) is 46.8 Å². The molecule has 8 nitrogen and oxygen atoms in total. The number of benzene rings is 1. The Morgan fingerprint density at radius 2 is 1.68 bits per heavy atom. The fourth-order valence-electron chi connectivity index (χ4n) is 2.91. The zero-order valence-electron chi connectivity index (χ0n) is 19.9. The van der Waals surface area contributed by atoms with Crippen molar-refractivity contribution in [1.82, 2.24) is 14.7 Å². The number of nitrogens with zero attached hydrogens (tertiary/aromatic N) is 3. The van der Waals surface area contributed by atoms with Crippen molar-refractivity contribution in [1.29, 1.82) is 0 Å². The molecule has 0 bridgehead atoms. The summed E-state index contributed by atoms with van der Waals surface area (Å²) < 4.78 is 6.94. The summed E-state index contributed by atoms with van der Waals surface area (Å²) in [5, 5.41) is 10.4. The smallest absolute Gasteiger partial charge is 0.322 e. The highest BCUT2D eigenvalue weighted by Gasteiger charge is 2.26. The molecule has 0 saturated heterocycles. The Morgan fingerprint density at radius 1 is 1.06 bits per heavy atom. The number of anilines is 2. The first-order valence-electron chi connectivity index (χ1n) is 10.5. The lowest BCUT2D eigenvalue weighted by atomic mass is 9.92. The third kappa shape index (κ3) is 6.47. The molecule has 1 aromatic carbocycles.